The first-order valence-corrected chi connectivity index (χ1v) is 9.65. The molecule has 0 saturated carbocycles. The third-order valence-corrected chi connectivity index (χ3v) is 5.70. The van der Waals surface area contributed by atoms with Crippen LogP contribution in [0.25, 0.3) is 0 Å². The predicted octanol–water partition coefficient (Wildman–Crippen LogP) is 2.62. The van der Waals surface area contributed by atoms with E-state index in [-0.39, 0.29) is 29.2 Å². The van der Waals surface area contributed by atoms with Crippen LogP contribution in [-0.2, 0) is 10.3 Å². The molecule has 2 heterocycles. The van der Waals surface area contributed by atoms with E-state index in [1.165, 1.54) is 40.0 Å². The van der Waals surface area contributed by atoms with E-state index >= 15 is 4.39 Å². The molecule has 0 unspecified atom stereocenters. The zero-order valence-corrected chi connectivity index (χ0v) is 18.6. The summed E-state index contributed by atoms with van der Waals surface area (Å²) in [6.45, 7) is 6.74. The molecule has 0 bridgehead atoms. The van der Waals surface area contributed by atoms with Crippen LogP contribution in [0.4, 0.5) is 23.5 Å². The first-order valence-electron chi connectivity index (χ1n) is 9.65. The molecule has 1 aliphatic heterocycles. The Balaban J connectivity index is 2.30. The van der Waals surface area contributed by atoms with E-state index in [1.807, 2.05) is 0 Å². The smallest absolute Gasteiger partial charge is 0.255 e. The van der Waals surface area contributed by atoms with Gasteiger partial charge in [-0.25, -0.2) is 23.1 Å². The number of carbonyl (C=O) groups excluding carboxylic acids is 1. The lowest BCUT2D eigenvalue weighted by Crippen LogP contribution is -2.56. The van der Waals surface area contributed by atoms with Crippen molar-refractivity contribution in [3.8, 4) is 5.88 Å². The number of ether oxygens (including phenoxy) is 1. The molecule has 176 valence electrons. The Morgan fingerprint density at radius 1 is 1.21 bits per heavy atom. The average Bonchev–Trinajstić information content (AvgIpc) is 2.78. The van der Waals surface area contributed by atoms with Crippen LogP contribution < -0.4 is 15.4 Å². The lowest BCUT2D eigenvalue weighted by Gasteiger charge is -2.44. The van der Waals surface area contributed by atoms with Crippen LogP contribution in [0.2, 0.25) is 0 Å². The second kappa shape index (κ2) is 8.34. The fourth-order valence-corrected chi connectivity index (χ4v) is 3.69. The van der Waals surface area contributed by atoms with E-state index in [0.717, 1.165) is 4.90 Å². The van der Waals surface area contributed by atoms with Gasteiger partial charge >= 0.3 is 0 Å². The zero-order chi connectivity index (χ0) is 24.8. The van der Waals surface area contributed by atoms with Gasteiger partial charge in [0.05, 0.1) is 18.7 Å². The van der Waals surface area contributed by atoms with Crippen LogP contribution >= 0.6 is 0 Å². The van der Waals surface area contributed by atoms with Crippen LogP contribution in [-0.4, -0.2) is 47.9 Å². The van der Waals surface area contributed by atoms with Crippen molar-refractivity contribution in [3.63, 3.8) is 0 Å². The van der Waals surface area contributed by atoms with Crippen molar-refractivity contribution in [3.05, 3.63) is 58.9 Å². The number of benzene rings is 1. The molecule has 8 nitrogen and oxygen atoms in total. The van der Waals surface area contributed by atoms with Crippen molar-refractivity contribution in [1.82, 2.24) is 14.9 Å². The third-order valence-electron chi connectivity index (χ3n) is 5.70. The topological polar surface area (TPSA) is 96.9 Å². The van der Waals surface area contributed by atoms with Crippen LogP contribution in [0.3, 0.4) is 0 Å². The van der Waals surface area contributed by atoms with Gasteiger partial charge in [0.25, 0.3) is 5.88 Å². The Kier molecular flexibility index (Phi) is 6.05. The molecule has 1 aromatic heterocycles. The lowest BCUT2D eigenvalue weighted by molar-refractivity contribution is -0.133. The highest BCUT2D eigenvalue weighted by atomic mass is 19.2. The third kappa shape index (κ3) is 3.64. The standard InChI is InChI=1S/C21H22F4N6O2/c1-9-18(32)31(5)19(26)29-21(9,12-7-14(23)15(24)8-13(12)22)11(3)30(4)20-27-10(2)16(25)17(28-20)33-6/h7-9H,3H2,1-2,4-6H3,(H2,26,29)/t9-,21+/m0/s1. The largest absolute Gasteiger partial charge is 0.479 e. The molecule has 2 atom stereocenters. The van der Waals surface area contributed by atoms with Gasteiger partial charge in [0.15, 0.2) is 17.6 Å². The van der Waals surface area contributed by atoms with Crippen LogP contribution in [0.1, 0.15) is 18.2 Å². The fourth-order valence-electron chi connectivity index (χ4n) is 3.69. The van der Waals surface area contributed by atoms with Crippen molar-refractivity contribution in [2.45, 2.75) is 19.4 Å². The maximum Gasteiger partial charge on any atom is 0.255 e. The molecule has 2 aromatic rings. The molecular formula is C21H22F4N6O2. The minimum atomic E-state index is -2.00. The molecule has 1 aromatic carbocycles. The number of halogens is 4. The molecule has 33 heavy (non-hydrogen) atoms. The summed E-state index contributed by atoms with van der Waals surface area (Å²) >= 11 is 0. The van der Waals surface area contributed by atoms with Gasteiger partial charge in [0.2, 0.25) is 17.7 Å². The number of hydrogen-bond donors (Lipinski definition) is 1. The molecule has 0 saturated heterocycles. The number of likely N-dealkylation sites (N-methyl/N-ethyl adjacent to an activating group) is 1. The SMILES string of the molecule is C=C(N(C)c1nc(C)c(F)c(OC)n1)[C@]1(c2cc(F)c(F)cc2F)N=C(N)N(C)C(=O)[C@@H]1C. The second-order valence-electron chi connectivity index (χ2n) is 7.54. The van der Waals surface area contributed by atoms with Gasteiger partial charge in [0.1, 0.15) is 11.4 Å². The van der Waals surface area contributed by atoms with Gasteiger partial charge in [-0.2, -0.15) is 9.37 Å². The molecule has 0 radical (unpaired) electrons. The maximum atomic E-state index is 15.0. The average molecular weight is 466 g/mol. The van der Waals surface area contributed by atoms with Crippen molar-refractivity contribution in [2.75, 3.05) is 26.1 Å². The monoisotopic (exact) mass is 466 g/mol. The highest BCUT2D eigenvalue weighted by Crippen LogP contribution is 2.46. The Morgan fingerprint density at radius 2 is 1.82 bits per heavy atom. The quantitative estimate of drug-likeness (QED) is 0.538. The number of hydrogen-bond acceptors (Lipinski definition) is 7. The number of aromatic nitrogens is 2. The van der Waals surface area contributed by atoms with E-state index in [9.17, 15) is 18.0 Å². The minimum absolute atomic E-state index is 0.0555. The molecule has 1 amide bonds. The van der Waals surface area contributed by atoms with Gasteiger partial charge < -0.3 is 15.4 Å². The fraction of sp³-hybridized carbons (Fsp3) is 0.333. The summed E-state index contributed by atoms with van der Waals surface area (Å²) in [5.41, 5.74) is 3.31. The van der Waals surface area contributed by atoms with Gasteiger partial charge in [-0.3, -0.25) is 9.69 Å². The van der Waals surface area contributed by atoms with Gasteiger partial charge in [-0.15, -0.1) is 0 Å². The highest BCUT2D eigenvalue weighted by molar-refractivity contribution is 6.00. The number of methoxy groups -OCH3 is 1. The summed E-state index contributed by atoms with van der Waals surface area (Å²) in [6, 6.07) is 0.954. The van der Waals surface area contributed by atoms with Gasteiger partial charge in [-0.1, -0.05) is 13.5 Å². The van der Waals surface area contributed by atoms with Crippen LogP contribution in [0.5, 0.6) is 5.88 Å². The Hall–Kier alpha value is -3.70. The van der Waals surface area contributed by atoms with Gasteiger partial charge in [-0.05, 0) is 13.0 Å². The second-order valence-corrected chi connectivity index (χ2v) is 7.54. The highest BCUT2D eigenvalue weighted by Gasteiger charge is 2.52. The first kappa shape index (κ1) is 24.0. The Morgan fingerprint density at radius 3 is 2.42 bits per heavy atom. The van der Waals surface area contributed by atoms with E-state index in [0.29, 0.717) is 12.1 Å². The van der Waals surface area contributed by atoms with E-state index in [4.69, 9.17) is 10.5 Å². The van der Waals surface area contributed by atoms with Crippen molar-refractivity contribution in [1.29, 1.82) is 0 Å². The summed E-state index contributed by atoms with van der Waals surface area (Å²) in [5, 5.41) is 0. The summed E-state index contributed by atoms with van der Waals surface area (Å²) in [7, 11) is 3.99. The maximum absolute atomic E-state index is 15.0. The molecular weight excluding hydrogens is 444 g/mol. The summed E-state index contributed by atoms with van der Waals surface area (Å²) in [4.78, 5) is 27.6. The molecule has 2 N–H and O–H groups in total. The summed E-state index contributed by atoms with van der Waals surface area (Å²) in [6.07, 6.45) is 0. The molecule has 1 aliphatic rings. The number of guanidine groups is 1. The molecule has 3 rings (SSSR count). The molecule has 0 aliphatic carbocycles. The van der Waals surface area contributed by atoms with Crippen LogP contribution in [0, 0.1) is 36.1 Å². The van der Waals surface area contributed by atoms with Crippen molar-refractivity contribution in [2.24, 2.45) is 16.6 Å². The number of amides is 1. The summed E-state index contributed by atoms with van der Waals surface area (Å²) in [5.74, 6) is -7.25. The van der Waals surface area contributed by atoms with Crippen molar-refractivity contribution < 1.29 is 27.1 Å². The number of aryl methyl sites for hydroxylation is 1. The number of rotatable bonds is 5. The number of carbonyl (C=O) groups is 1. The minimum Gasteiger partial charge on any atom is -0.479 e. The number of anilines is 1. The normalized spacial score (nSPS) is 20.5. The molecule has 12 heteroatoms. The zero-order valence-electron chi connectivity index (χ0n) is 18.6. The van der Waals surface area contributed by atoms with Crippen LogP contribution in [0.15, 0.2) is 29.4 Å². The van der Waals surface area contributed by atoms with Crippen molar-refractivity contribution >= 4 is 17.8 Å². The Bertz CT molecular complexity index is 1190. The summed E-state index contributed by atoms with van der Waals surface area (Å²) < 4.78 is 62.1. The lowest BCUT2D eigenvalue weighted by atomic mass is 9.74. The number of nitrogens with two attached hydrogens (primary N) is 1. The predicted molar refractivity (Wildman–Crippen MR) is 112 cm³/mol. The van der Waals surface area contributed by atoms with Gasteiger partial charge in [0, 0.05) is 31.4 Å². The van der Waals surface area contributed by atoms with E-state index < -0.39 is 46.2 Å². The van der Waals surface area contributed by atoms with E-state index in [1.54, 1.807) is 0 Å². The molecule has 0 spiro atoms. The Labute approximate surface area is 187 Å². The first-order chi connectivity index (χ1) is 15.4. The molecule has 0 fully saturated rings. The van der Waals surface area contributed by atoms with E-state index in [2.05, 4.69) is 21.5 Å². The number of nitrogens with zero attached hydrogens (tertiary/aromatic N) is 5. The number of aliphatic imine (C=N–C) groups is 1.